The number of nitrogens with zero attached hydrogens (tertiary/aromatic N) is 1. The molecule has 1 aromatic carbocycles. The van der Waals surface area contributed by atoms with E-state index in [2.05, 4.69) is 27.3 Å². The molecule has 1 aromatic rings. The summed E-state index contributed by atoms with van der Waals surface area (Å²) in [6, 6.07) is 6.22. The lowest BCUT2D eigenvalue weighted by molar-refractivity contribution is -0.158. The van der Waals surface area contributed by atoms with Crippen LogP contribution in [0.5, 0.6) is 5.75 Å². The molecule has 0 spiro atoms. The fourth-order valence-electron chi connectivity index (χ4n) is 2.45. The minimum atomic E-state index is -3.20. The molecule has 2 amide bonds. The second kappa shape index (κ2) is 7.59. The van der Waals surface area contributed by atoms with Gasteiger partial charge in [0.1, 0.15) is 5.75 Å². The fraction of sp³-hybridized carbons (Fsp3) is 0.562. The monoisotopic (exact) mass is 327 g/mol. The van der Waals surface area contributed by atoms with Gasteiger partial charge in [-0.2, -0.15) is 8.78 Å². The molecule has 0 bridgehead atoms. The number of carbonyl (C=O) groups is 1. The van der Waals surface area contributed by atoms with Crippen molar-refractivity contribution in [1.82, 2.24) is 15.5 Å². The first kappa shape index (κ1) is 17.5. The molecule has 2 rings (SSSR count). The topological polar surface area (TPSA) is 53.6 Å². The first-order valence-electron chi connectivity index (χ1n) is 7.70. The first-order valence-corrected chi connectivity index (χ1v) is 7.70. The molecule has 0 saturated carbocycles. The van der Waals surface area contributed by atoms with E-state index in [-0.39, 0.29) is 17.8 Å². The van der Waals surface area contributed by atoms with Crippen LogP contribution in [0.1, 0.15) is 25.3 Å². The number of alkyl halides is 2. The lowest BCUT2D eigenvalue weighted by Gasteiger charge is -2.29. The molecule has 1 aliphatic heterocycles. The van der Waals surface area contributed by atoms with Gasteiger partial charge in [-0.05, 0) is 50.7 Å². The number of hydrogen-bond acceptors (Lipinski definition) is 3. The van der Waals surface area contributed by atoms with Gasteiger partial charge in [-0.3, -0.25) is 0 Å². The molecule has 0 radical (unpaired) electrons. The van der Waals surface area contributed by atoms with Crippen LogP contribution in [0.25, 0.3) is 0 Å². The Balaban J connectivity index is 1.73. The van der Waals surface area contributed by atoms with Crippen molar-refractivity contribution in [3.8, 4) is 5.75 Å². The van der Waals surface area contributed by atoms with E-state index < -0.39 is 6.11 Å². The summed E-state index contributed by atoms with van der Waals surface area (Å²) in [6.07, 6.45) is -1.31. The first-order chi connectivity index (χ1) is 10.8. The zero-order chi connectivity index (χ0) is 16.9. The Morgan fingerprint density at radius 3 is 2.48 bits per heavy atom. The van der Waals surface area contributed by atoms with Gasteiger partial charge in [-0.15, -0.1) is 0 Å². The van der Waals surface area contributed by atoms with Gasteiger partial charge in [0.05, 0.1) is 0 Å². The van der Waals surface area contributed by atoms with Crippen LogP contribution < -0.4 is 15.4 Å². The van der Waals surface area contributed by atoms with E-state index in [1.165, 1.54) is 12.1 Å². The number of rotatable bonds is 5. The molecule has 1 saturated heterocycles. The summed E-state index contributed by atoms with van der Waals surface area (Å²) < 4.78 is 29.9. The number of benzene rings is 1. The van der Waals surface area contributed by atoms with Gasteiger partial charge in [0.15, 0.2) is 0 Å². The minimum absolute atomic E-state index is 0.0945. The van der Waals surface area contributed by atoms with Gasteiger partial charge in [0, 0.05) is 19.5 Å². The number of ether oxygens (including phenoxy) is 1. The second-order valence-electron chi connectivity index (χ2n) is 5.96. The zero-order valence-electron chi connectivity index (χ0n) is 13.4. The molecule has 0 atom stereocenters. The van der Waals surface area contributed by atoms with Crippen molar-refractivity contribution >= 4 is 6.03 Å². The van der Waals surface area contributed by atoms with Crippen LogP contribution in [0.2, 0.25) is 0 Å². The van der Waals surface area contributed by atoms with Gasteiger partial charge in [-0.25, -0.2) is 4.79 Å². The lowest BCUT2D eigenvalue weighted by Crippen LogP contribution is -2.46. The predicted molar refractivity (Wildman–Crippen MR) is 83.6 cm³/mol. The standard InChI is InChI=1S/C16H23F2N3O2/c1-16(17,18)23-14-5-3-12(4-6-14)11-19-15(22)20-13-7-9-21(2)10-8-13/h3-6,13H,7-11H2,1-2H3,(H2,19,20,22). The average Bonchev–Trinajstić information content (AvgIpc) is 2.47. The number of urea groups is 1. The molecule has 23 heavy (non-hydrogen) atoms. The van der Waals surface area contributed by atoms with Crippen molar-refractivity contribution in [3.05, 3.63) is 29.8 Å². The maximum Gasteiger partial charge on any atom is 0.394 e. The van der Waals surface area contributed by atoms with Crippen molar-refractivity contribution in [2.24, 2.45) is 0 Å². The van der Waals surface area contributed by atoms with Crippen molar-refractivity contribution in [2.45, 2.75) is 38.5 Å². The number of amides is 2. The summed E-state index contributed by atoms with van der Waals surface area (Å²) in [4.78, 5) is 14.1. The van der Waals surface area contributed by atoms with Crippen LogP contribution in [0.4, 0.5) is 13.6 Å². The van der Waals surface area contributed by atoms with Gasteiger partial charge in [0.2, 0.25) is 0 Å². The zero-order valence-corrected chi connectivity index (χ0v) is 13.4. The third-order valence-corrected chi connectivity index (χ3v) is 3.73. The number of likely N-dealkylation sites (tertiary alicyclic amines) is 1. The normalized spacial score (nSPS) is 16.9. The van der Waals surface area contributed by atoms with Crippen LogP contribution in [0, 0.1) is 0 Å². The minimum Gasteiger partial charge on any atom is -0.433 e. The Labute approximate surface area is 135 Å². The maximum atomic E-state index is 12.7. The summed E-state index contributed by atoms with van der Waals surface area (Å²) in [7, 11) is 2.07. The third-order valence-electron chi connectivity index (χ3n) is 3.73. The highest BCUT2D eigenvalue weighted by Gasteiger charge is 2.23. The highest BCUT2D eigenvalue weighted by molar-refractivity contribution is 5.74. The predicted octanol–water partition coefficient (Wildman–Crippen LogP) is 2.57. The van der Waals surface area contributed by atoms with Crippen LogP contribution in [0.15, 0.2) is 24.3 Å². The summed E-state index contributed by atoms with van der Waals surface area (Å²) in [6.45, 7) is 2.99. The Kier molecular flexibility index (Phi) is 5.76. The van der Waals surface area contributed by atoms with E-state index >= 15 is 0 Å². The smallest absolute Gasteiger partial charge is 0.394 e. The molecule has 0 unspecified atom stereocenters. The van der Waals surface area contributed by atoms with Crippen LogP contribution in [-0.2, 0) is 6.54 Å². The number of carbonyl (C=O) groups excluding carboxylic acids is 1. The average molecular weight is 327 g/mol. The van der Waals surface area contributed by atoms with E-state index in [0.717, 1.165) is 31.5 Å². The van der Waals surface area contributed by atoms with E-state index in [4.69, 9.17) is 0 Å². The SMILES string of the molecule is CN1CCC(NC(=O)NCc2ccc(OC(C)(F)F)cc2)CC1. The van der Waals surface area contributed by atoms with Crippen molar-refractivity contribution in [1.29, 1.82) is 0 Å². The molecule has 7 heteroatoms. The number of hydrogen-bond donors (Lipinski definition) is 2. The Bertz CT molecular complexity index is 509. The summed E-state index contributed by atoms with van der Waals surface area (Å²) >= 11 is 0. The van der Waals surface area contributed by atoms with E-state index in [9.17, 15) is 13.6 Å². The van der Waals surface area contributed by atoms with E-state index in [1.54, 1.807) is 12.1 Å². The molecule has 2 N–H and O–H groups in total. The molecule has 1 fully saturated rings. The fourth-order valence-corrected chi connectivity index (χ4v) is 2.45. The highest BCUT2D eigenvalue weighted by Crippen LogP contribution is 2.21. The third kappa shape index (κ3) is 6.40. The quantitative estimate of drug-likeness (QED) is 0.874. The van der Waals surface area contributed by atoms with E-state index in [0.29, 0.717) is 13.5 Å². The lowest BCUT2D eigenvalue weighted by atomic mass is 10.1. The highest BCUT2D eigenvalue weighted by atomic mass is 19.3. The summed E-state index contributed by atoms with van der Waals surface area (Å²) in [5, 5.41) is 5.72. The molecule has 5 nitrogen and oxygen atoms in total. The molecule has 1 heterocycles. The van der Waals surface area contributed by atoms with Crippen LogP contribution in [-0.4, -0.2) is 43.2 Å². The van der Waals surface area contributed by atoms with Gasteiger partial charge < -0.3 is 20.3 Å². The Morgan fingerprint density at radius 2 is 1.91 bits per heavy atom. The molecule has 128 valence electrons. The summed E-state index contributed by atoms with van der Waals surface area (Å²) in [5.74, 6) is 0.0945. The Morgan fingerprint density at radius 1 is 1.30 bits per heavy atom. The van der Waals surface area contributed by atoms with Crippen molar-refractivity contribution in [2.75, 3.05) is 20.1 Å². The molecule has 0 aliphatic carbocycles. The maximum absolute atomic E-state index is 12.7. The second-order valence-corrected chi connectivity index (χ2v) is 5.96. The van der Waals surface area contributed by atoms with Crippen LogP contribution >= 0.6 is 0 Å². The van der Waals surface area contributed by atoms with Gasteiger partial charge in [0.25, 0.3) is 0 Å². The molecule has 1 aliphatic rings. The Hall–Kier alpha value is -1.89. The van der Waals surface area contributed by atoms with E-state index in [1.807, 2.05) is 0 Å². The largest absolute Gasteiger partial charge is 0.433 e. The van der Waals surface area contributed by atoms with Gasteiger partial charge >= 0.3 is 12.1 Å². The van der Waals surface area contributed by atoms with Crippen molar-refractivity contribution in [3.63, 3.8) is 0 Å². The van der Waals surface area contributed by atoms with Gasteiger partial charge in [-0.1, -0.05) is 12.1 Å². The van der Waals surface area contributed by atoms with Crippen molar-refractivity contribution < 1.29 is 18.3 Å². The number of halogens is 2. The molecular weight excluding hydrogens is 304 g/mol. The van der Waals surface area contributed by atoms with Crippen LogP contribution in [0.3, 0.4) is 0 Å². The summed E-state index contributed by atoms with van der Waals surface area (Å²) in [5.41, 5.74) is 0.815. The number of nitrogens with one attached hydrogen (secondary N) is 2. The number of piperidine rings is 1. The molecular formula is C16H23F2N3O2. The molecule has 0 aromatic heterocycles.